The molecule has 2 aliphatic heterocycles. The highest BCUT2D eigenvalue weighted by Crippen LogP contribution is 2.33. The zero-order chi connectivity index (χ0) is 13.4. The van der Waals surface area contributed by atoms with Gasteiger partial charge in [0.15, 0.2) is 0 Å². The predicted molar refractivity (Wildman–Crippen MR) is 77.2 cm³/mol. The number of rotatable bonds is 2. The molecule has 0 aliphatic carbocycles. The van der Waals surface area contributed by atoms with Crippen LogP contribution in [0.25, 0.3) is 0 Å². The minimum atomic E-state index is 0.182. The Morgan fingerprint density at radius 1 is 1.21 bits per heavy atom. The van der Waals surface area contributed by atoms with Crippen molar-refractivity contribution in [3.8, 4) is 0 Å². The first-order valence-corrected chi connectivity index (χ1v) is 7.28. The lowest BCUT2D eigenvalue weighted by atomic mass is 9.97. The number of nitrogens with one attached hydrogen (secondary N) is 1. The third kappa shape index (κ3) is 2.27. The summed E-state index contributed by atoms with van der Waals surface area (Å²) < 4.78 is 0. The Kier molecular flexibility index (Phi) is 3.31. The van der Waals surface area contributed by atoms with Crippen molar-refractivity contribution >= 4 is 11.6 Å². The first kappa shape index (κ1) is 12.7. The monoisotopic (exact) mass is 258 g/mol. The molecular weight excluding hydrogens is 236 g/mol. The molecule has 3 nitrogen and oxygen atoms in total. The fraction of sp³-hybridized carbons (Fsp3) is 0.562. The number of hydrogen-bond donors (Lipinski definition) is 1. The highest BCUT2D eigenvalue weighted by molar-refractivity contribution is 5.94. The molecule has 1 amide bonds. The van der Waals surface area contributed by atoms with Crippen LogP contribution >= 0.6 is 0 Å². The summed E-state index contributed by atoms with van der Waals surface area (Å²) in [5.41, 5.74) is 3.30. The van der Waals surface area contributed by atoms with E-state index in [-0.39, 0.29) is 11.8 Å². The third-order valence-electron chi connectivity index (χ3n) is 4.67. The molecule has 0 aromatic heterocycles. The van der Waals surface area contributed by atoms with Crippen molar-refractivity contribution in [2.45, 2.75) is 39.2 Å². The van der Waals surface area contributed by atoms with Gasteiger partial charge in [-0.3, -0.25) is 9.69 Å². The fourth-order valence-corrected chi connectivity index (χ4v) is 3.62. The molecule has 1 aromatic rings. The van der Waals surface area contributed by atoms with Gasteiger partial charge >= 0.3 is 0 Å². The van der Waals surface area contributed by atoms with E-state index in [1.165, 1.54) is 19.4 Å². The Hall–Kier alpha value is -1.35. The Morgan fingerprint density at radius 2 is 1.95 bits per heavy atom. The first-order chi connectivity index (χ1) is 9.16. The van der Waals surface area contributed by atoms with Gasteiger partial charge in [-0.15, -0.1) is 0 Å². The normalized spacial score (nSPS) is 26.4. The molecule has 0 radical (unpaired) electrons. The van der Waals surface area contributed by atoms with Gasteiger partial charge in [0, 0.05) is 11.7 Å². The minimum Gasteiger partial charge on any atom is -0.325 e. The third-order valence-corrected chi connectivity index (χ3v) is 4.67. The van der Waals surface area contributed by atoms with E-state index in [0.717, 1.165) is 29.8 Å². The highest BCUT2D eigenvalue weighted by atomic mass is 16.2. The van der Waals surface area contributed by atoms with Gasteiger partial charge < -0.3 is 5.32 Å². The fourth-order valence-electron chi connectivity index (χ4n) is 3.62. The van der Waals surface area contributed by atoms with Gasteiger partial charge in [0.25, 0.3) is 0 Å². The van der Waals surface area contributed by atoms with Crippen LogP contribution in [0.15, 0.2) is 18.2 Å². The highest BCUT2D eigenvalue weighted by Gasteiger charge is 2.40. The first-order valence-electron chi connectivity index (χ1n) is 7.28. The summed E-state index contributed by atoms with van der Waals surface area (Å²) in [5.74, 6) is 0.397. The zero-order valence-electron chi connectivity index (χ0n) is 11.8. The van der Waals surface area contributed by atoms with Gasteiger partial charge in [0.05, 0.1) is 5.92 Å². The van der Waals surface area contributed by atoms with E-state index in [1.807, 2.05) is 6.07 Å². The second kappa shape index (κ2) is 4.97. The summed E-state index contributed by atoms with van der Waals surface area (Å²) in [6, 6.07) is 6.64. The quantitative estimate of drug-likeness (QED) is 0.884. The number of benzene rings is 1. The smallest absolute Gasteiger partial charge is 0.229 e. The van der Waals surface area contributed by atoms with Crippen molar-refractivity contribution in [1.29, 1.82) is 0 Å². The maximum absolute atomic E-state index is 12.5. The topological polar surface area (TPSA) is 32.3 Å². The average Bonchev–Trinajstić information content (AvgIpc) is 2.95. The SMILES string of the molecule is Cc1cccc(C)c1NC(=O)[C@@H]1CCN2CCC[C@@H]12. The van der Waals surface area contributed by atoms with Crippen LogP contribution in [0.2, 0.25) is 0 Å². The second-order valence-electron chi connectivity index (χ2n) is 5.90. The standard InChI is InChI=1S/C16H22N2O/c1-11-5-3-6-12(2)15(11)17-16(19)13-8-10-18-9-4-7-14(13)18/h3,5-6,13-14H,4,7-10H2,1-2H3,(H,17,19)/t13-,14+/m1/s1. The maximum Gasteiger partial charge on any atom is 0.229 e. The Morgan fingerprint density at radius 3 is 2.68 bits per heavy atom. The lowest BCUT2D eigenvalue weighted by Crippen LogP contribution is -2.33. The van der Waals surface area contributed by atoms with Gasteiger partial charge in [-0.05, 0) is 57.3 Å². The van der Waals surface area contributed by atoms with E-state index >= 15 is 0 Å². The molecule has 2 fully saturated rings. The summed E-state index contributed by atoms with van der Waals surface area (Å²) in [5, 5.41) is 3.17. The largest absolute Gasteiger partial charge is 0.325 e. The van der Waals surface area contributed by atoms with Gasteiger partial charge in [0.1, 0.15) is 0 Å². The van der Waals surface area contributed by atoms with E-state index in [2.05, 4.69) is 36.2 Å². The molecule has 2 aliphatic rings. The van der Waals surface area contributed by atoms with Crippen LogP contribution in [-0.2, 0) is 4.79 Å². The van der Waals surface area contributed by atoms with Crippen LogP contribution in [0.5, 0.6) is 0 Å². The number of amides is 1. The van der Waals surface area contributed by atoms with Crippen LogP contribution in [-0.4, -0.2) is 29.9 Å². The average molecular weight is 258 g/mol. The van der Waals surface area contributed by atoms with Gasteiger partial charge in [-0.2, -0.15) is 0 Å². The lowest BCUT2D eigenvalue weighted by molar-refractivity contribution is -0.120. The summed E-state index contributed by atoms with van der Waals surface area (Å²) in [6.45, 7) is 6.38. The van der Waals surface area contributed by atoms with Crippen molar-refractivity contribution < 1.29 is 4.79 Å². The van der Waals surface area contributed by atoms with Crippen LogP contribution in [0, 0.1) is 19.8 Å². The number of fused-ring (bicyclic) bond motifs is 1. The van der Waals surface area contributed by atoms with Crippen LogP contribution in [0.1, 0.15) is 30.4 Å². The molecule has 2 heterocycles. The molecular formula is C16H22N2O. The molecule has 0 bridgehead atoms. The summed E-state index contributed by atoms with van der Waals surface area (Å²) >= 11 is 0. The Balaban J connectivity index is 1.75. The zero-order valence-corrected chi connectivity index (χ0v) is 11.8. The summed E-state index contributed by atoms with van der Waals surface area (Å²) in [6.07, 6.45) is 3.45. The molecule has 1 N–H and O–H groups in total. The lowest BCUT2D eigenvalue weighted by Gasteiger charge is -2.20. The van der Waals surface area contributed by atoms with Crippen molar-refractivity contribution in [2.75, 3.05) is 18.4 Å². The number of anilines is 1. The van der Waals surface area contributed by atoms with E-state index in [0.29, 0.717) is 6.04 Å². The van der Waals surface area contributed by atoms with Crippen molar-refractivity contribution in [2.24, 2.45) is 5.92 Å². The number of carbonyl (C=O) groups excluding carboxylic acids is 1. The van der Waals surface area contributed by atoms with Gasteiger partial charge in [-0.25, -0.2) is 0 Å². The van der Waals surface area contributed by atoms with E-state index < -0.39 is 0 Å². The molecule has 3 rings (SSSR count). The number of aryl methyl sites for hydroxylation is 2. The van der Waals surface area contributed by atoms with Crippen LogP contribution in [0.3, 0.4) is 0 Å². The van der Waals surface area contributed by atoms with Crippen LogP contribution in [0.4, 0.5) is 5.69 Å². The van der Waals surface area contributed by atoms with Crippen molar-refractivity contribution in [1.82, 2.24) is 4.90 Å². The van der Waals surface area contributed by atoms with Gasteiger partial charge in [0.2, 0.25) is 5.91 Å². The molecule has 3 heteroatoms. The number of para-hydroxylation sites is 1. The van der Waals surface area contributed by atoms with Crippen molar-refractivity contribution in [3.63, 3.8) is 0 Å². The molecule has 0 saturated carbocycles. The van der Waals surface area contributed by atoms with E-state index in [4.69, 9.17) is 0 Å². The minimum absolute atomic E-state index is 0.182. The van der Waals surface area contributed by atoms with E-state index in [1.54, 1.807) is 0 Å². The Labute approximate surface area is 115 Å². The maximum atomic E-state index is 12.5. The number of nitrogens with zero attached hydrogens (tertiary/aromatic N) is 1. The molecule has 0 spiro atoms. The predicted octanol–water partition coefficient (Wildman–Crippen LogP) is 2.73. The van der Waals surface area contributed by atoms with E-state index in [9.17, 15) is 4.79 Å². The van der Waals surface area contributed by atoms with Gasteiger partial charge in [-0.1, -0.05) is 18.2 Å². The molecule has 2 atom stereocenters. The number of carbonyl (C=O) groups is 1. The molecule has 102 valence electrons. The summed E-state index contributed by atoms with van der Waals surface area (Å²) in [4.78, 5) is 15.0. The molecule has 19 heavy (non-hydrogen) atoms. The molecule has 1 aromatic carbocycles. The Bertz CT molecular complexity index is 477. The molecule has 2 saturated heterocycles. The molecule has 0 unspecified atom stereocenters. The summed E-state index contributed by atoms with van der Waals surface area (Å²) in [7, 11) is 0. The number of hydrogen-bond acceptors (Lipinski definition) is 2. The second-order valence-corrected chi connectivity index (χ2v) is 5.90. The van der Waals surface area contributed by atoms with Crippen LogP contribution < -0.4 is 5.32 Å². The van der Waals surface area contributed by atoms with Crippen molar-refractivity contribution in [3.05, 3.63) is 29.3 Å².